The topological polar surface area (TPSA) is 175 Å². The van der Waals surface area contributed by atoms with Crippen molar-refractivity contribution in [1.82, 2.24) is 16.0 Å². The van der Waals surface area contributed by atoms with E-state index in [1.165, 1.54) is 30.3 Å². The summed E-state index contributed by atoms with van der Waals surface area (Å²) in [6.45, 7) is 4.68. The molecule has 17 heteroatoms. The lowest BCUT2D eigenvalue weighted by atomic mass is 10.00. The minimum Gasteiger partial charge on any atom is -0.490 e. The van der Waals surface area contributed by atoms with Crippen molar-refractivity contribution in [1.29, 1.82) is 0 Å². The smallest absolute Gasteiger partial charge is 0.251 e. The minimum atomic E-state index is -1.35. The van der Waals surface area contributed by atoms with E-state index in [4.69, 9.17) is 33.5 Å². The molecule has 4 N–H and O–H groups in total. The van der Waals surface area contributed by atoms with E-state index in [2.05, 4.69) is 20.9 Å². The fraction of sp³-hybridized carbons (Fsp3) is 0.436. The summed E-state index contributed by atoms with van der Waals surface area (Å²) in [4.78, 5) is 43.7. The van der Waals surface area contributed by atoms with Gasteiger partial charge in [0.05, 0.1) is 91.3 Å². The summed E-state index contributed by atoms with van der Waals surface area (Å²) >= 11 is 0. The molecule has 3 aromatic carbocycles. The molecule has 2 atom stereocenters. The van der Waals surface area contributed by atoms with Gasteiger partial charge in [-0.3, -0.25) is 19.4 Å². The number of aliphatic hydroxyl groups is 1. The zero-order valence-electron chi connectivity index (χ0n) is 30.8. The zero-order valence-corrected chi connectivity index (χ0v) is 31.6. The molecule has 0 saturated carbocycles. The first kappa shape index (κ1) is 44.3. The number of carbonyl (C=O) groups excluding carboxylic acids is 3. The predicted molar refractivity (Wildman–Crippen MR) is 203 cm³/mol. The van der Waals surface area contributed by atoms with Crippen LogP contribution in [0.15, 0.2) is 59.6 Å². The van der Waals surface area contributed by atoms with Gasteiger partial charge in [-0.05, 0) is 47.5 Å². The number of rotatable bonds is 24. The second kappa shape index (κ2) is 23.6. The van der Waals surface area contributed by atoms with Crippen LogP contribution in [0.1, 0.15) is 47.8 Å². The van der Waals surface area contributed by atoms with E-state index in [9.17, 15) is 23.2 Å². The Hall–Kier alpha value is -4.39. The van der Waals surface area contributed by atoms with E-state index in [1.54, 1.807) is 12.3 Å². The van der Waals surface area contributed by atoms with Gasteiger partial charge < -0.3 is 49.5 Å². The number of ketones is 1. The van der Waals surface area contributed by atoms with Crippen molar-refractivity contribution in [2.45, 2.75) is 18.6 Å². The third-order valence-electron chi connectivity index (χ3n) is 8.65. The molecular formula is C39H47ClF2N4O10. The van der Waals surface area contributed by atoms with Crippen LogP contribution >= 0.6 is 12.4 Å². The SMILES string of the molecule is Cl.O=C(N[C@@H]1CNC[C@H]1NC(=O)c1ccc2c(c1)CN=C2)c1ccc(C(=O)c2c(OCCOCCOCCOCCOCCOCCO)ccc(F)c2F)cc1. The molecule has 1 fully saturated rings. The van der Waals surface area contributed by atoms with Gasteiger partial charge in [-0.1, -0.05) is 18.2 Å². The third-order valence-corrected chi connectivity index (χ3v) is 8.65. The largest absolute Gasteiger partial charge is 0.490 e. The van der Waals surface area contributed by atoms with Crippen LogP contribution in [0.4, 0.5) is 8.78 Å². The molecule has 2 aliphatic rings. The Morgan fingerprint density at radius 3 is 1.80 bits per heavy atom. The molecule has 304 valence electrons. The molecule has 2 heterocycles. The van der Waals surface area contributed by atoms with E-state index in [0.717, 1.165) is 17.2 Å². The number of hydrogen-bond acceptors (Lipinski definition) is 12. The number of fused-ring (bicyclic) bond motifs is 1. The van der Waals surface area contributed by atoms with Gasteiger partial charge in [-0.15, -0.1) is 12.4 Å². The molecule has 0 spiro atoms. The number of ether oxygens (including phenoxy) is 6. The van der Waals surface area contributed by atoms with Crippen LogP contribution in [0, 0.1) is 11.6 Å². The highest BCUT2D eigenvalue weighted by atomic mass is 35.5. The lowest BCUT2D eigenvalue weighted by Gasteiger charge is -2.21. The van der Waals surface area contributed by atoms with Gasteiger partial charge in [0, 0.05) is 36.0 Å². The van der Waals surface area contributed by atoms with Crippen molar-refractivity contribution in [2.24, 2.45) is 4.99 Å². The number of aliphatic hydroxyl groups excluding tert-OH is 1. The fourth-order valence-electron chi connectivity index (χ4n) is 5.78. The Balaban J connectivity index is 0.00000696. The molecule has 3 aromatic rings. The Morgan fingerprint density at radius 1 is 0.696 bits per heavy atom. The lowest BCUT2D eigenvalue weighted by Crippen LogP contribution is -2.51. The average molecular weight is 805 g/mol. The van der Waals surface area contributed by atoms with Gasteiger partial charge in [0.1, 0.15) is 17.9 Å². The summed E-state index contributed by atoms with van der Waals surface area (Å²) < 4.78 is 61.6. The highest BCUT2D eigenvalue weighted by Gasteiger charge is 2.31. The van der Waals surface area contributed by atoms with Crippen molar-refractivity contribution in [2.75, 3.05) is 92.4 Å². The molecular weight excluding hydrogens is 758 g/mol. The van der Waals surface area contributed by atoms with E-state index in [-0.39, 0.29) is 74.3 Å². The van der Waals surface area contributed by atoms with Gasteiger partial charge in [-0.25, -0.2) is 8.78 Å². The Labute approximate surface area is 329 Å². The average Bonchev–Trinajstić information content (AvgIpc) is 3.86. The standard InChI is InChI=1S/C39H46F2N4O10.ClH/c40-31-7-8-34(55-20-19-54-18-17-53-16-15-52-14-13-51-12-11-50-10-9-46)35(36(31)41)37(47)26-1-3-27(4-2-26)38(48)44-32-24-43-25-33(32)45-39(49)28-5-6-29-22-42-23-30(29)21-28;/h1-8,21-22,32-33,43,46H,9-20,23-25H2,(H,44,48)(H,45,49);1H/t32-,33-;/m1./s1. The van der Waals surface area contributed by atoms with E-state index in [1.807, 2.05) is 12.1 Å². The fourth-order valence-corrected chi connectivity index (χ4v) is 5.78. The number of hydrogen-bond donors (Lipinski definition) is 4. The number of amides is 2. The van der Waals surface area contributed by atoms with Crippen LogP contribution in [0.25, 0.3) is 0 Å². The van der Waals surface area contributed by atoms with E-state index in [0.29, 0.717) is 71.4 Å². The quantitative estimate of drug-likeness (QED) is 0.0774. The van der Waals surface area contributed by atoms with Gasteiger partial charge in [-0.2, -0.15) is 0 Å². The van der Waals surface area contributed by atoms with Gasteiger partial charge in [0.2, 0.25) is 0 Å². The molecule has 56 heavy (non-hydrogen) atoms. The van der Waals surface area contributed by atoms with Gasteiger partial charge in [0.15, 0.2) is 17.4 Å². The molecule has 0 aliphatic carbocycles. The first-order valence-corrected chi connectivity index (χ1v) is 18.1. The van der Waals surface area contributed by atoms with Crippen molar-refractivity contribution in [3.63, 3.8) is 0 Å². The minimum absolute atomic E-state index is 0. The van der Waals surface area contributed by atoms with Gasteiger partial charge in [0.25, 0.3) is 11.8 Å². The van der Waals surface area contributed by atoms with Crippen LogP contribution in [0.5, 0.6) is 5.75 Å². The van der Waals surface area contributed by atoms with Crippen molar-refractivity contribution >= 4 is 36.2 Å². The highest BCUT2D eigenvalue weighted by molar-refractivity contribution is 6.11. The Morgan fingerprint density at radius 2 is 1.21 bits per heavy atom. The van der Waals surface area contributed by atoms with Gasteiger partial charge >= 0.3 is 0 Å². The van der Waals surface area contributed by atoms with Crippen molar-refractivity contribution in [3.05, 3.63) is 99.6 Å². The maximum Gasteiger partial charge on any atom is 0.251 e. The molecule has 0 bridgehead atoms. The third kappa shape index (κ3) is 13.1. The Bertz CT molecular complexity index is 1770. The predicted octanol–water partition coefficient (Wildman–Crippen LogP) is 2.50. The molecule has 0 unspecified atom stereocenters. The summed E-state index contributed by atoms with van der Waals surface area (Å²) in [5.41, 5.74) is 2.16. The molecule has 5 rings (SSSR count). The number of carbonyl (C=O) groups is 3. The first-order valence-electron chi connectivity index (χ1n) is 18.1. The number of benzene rings is 3. The van der Waals surface area contributed by atoms with Crippen molar-refractivity contribution < 1.29 is 56.7 Å². The van der Waals surface area contributed by atoms with Crippen LogP contribution < -0.4 is 20.7 Å². The normalized spacial score (nSPS) is 15.6. The molecule has 14 nitrogen and oxygen atoms in total. The van der Waals surface area contributed by atoms with Crippen LogP contribution in [-0.2, 0) is 30.2 Å². The summed E-state index contributed by atoms with van der Waals surface area (Å²) in [6.07, 6.45) is 1.78. The second-order valence-corrected chi connectivity index (χ2v) is 12.5. The molecule has 0 aromatic heterocycles. The maximum absolute atomic E-state index is 15.0. The molecule has 1 saturated heterocycles. The number of nitrogens with one attached hydrogen (secondary N) is 3. The van der Waals surface area contributed by atoms with E-state index >= 15 is 0 Å². The second-order valence-electron chi connectivity index (χ2n) is 12.5. The van der Waals surface area contributed by atoms with E-state index < -0.39 is 34.9 Å². The summed E-state index contributed by atoms with van der Waals surface area (Å²) in [5, 5.41) is 17.7. The molecule has 2 amide bonds. The molecule has 0 radical (unpaired) electrons. The first-order chi connectivity index (χ1) is 26.9. The lowest BCUT2D eigenvalue weighted by molar-refractivity contribution is -0.0146. The van der Waals surface area contributed by atoms with Crippen molar-refractivity contribution in [3.8, 4) is 5.75 Å². The number of halogens is 3. The maximum atomic E-state index is 15.0. The number of nitrogens with zero attached hydrogens (tertiary/aromatic N) is 1. The summed E-state index contributed by atoms with van der Waals surface area (Å²) in [7, 11) is 0. The zero-order chi connectivity index (χ0) is 38.8. The molecule has 2 aliphatic heterocycles. The monoisotopic (exact) mass is 804 g/mol. The number of aliphatic imine (C=N–C) groups is 1. The Kier molecular flexibility index (Phi) is 18.7. The summed E-state index contributed by atoms with van der Waals surface area (Å²) in [5.74, 6) is -4.23. The van der Waals surface area contributed by atoms with Crippen LogP contribution in [0.3, 0.4) is 0 Å². The summed E-state index contributed by atoms with van der Waals surface area (Å²) in [6, 6.07) is 12.2. The van der Waals surface area contributed by atoms with Crippen LogP contribution in [-0.4, -0.2) is 133 Å². The highest BCUT2D eigenvalue weighted by Crippen LogP contribution is 2.27. The van der Waals surface area contributed by atoms with Crippen LogP contribution in [0.2, 0.25) is 0 Å².